The molecule has 1 aromatic heterocycles. The summed E-state index contributed by atoms with van der Waals surface area (Å²) in [5.41, 5.74) is 1.54. The first-order valence-electron chi connectivity index (χ1n) is 8.75. The number of hydrogen-bond acceptors (Lipinski definition) is 4. The Morgan fingerprint density at radius 1 is 1.18 bits per heavy atom. The molecule has 0 fully saturated rings. The lowest BCUT2D eigenvalue weighted by Gasteiger charge is -2.21. The molecule has 1 amide bonds. The molecule has 0 radical (unpaired) electrons. The number of ether oxygens (including phenoxy) is 1. The van der Waals surface area contributed by atoms with Crippen molar-refractivity contribution in [2.24, 2.45) is 4.99 Å². The number of aliphatic imine (C=N–C) groups is 1. The zero-order chi connectivity index (χ0) is 19.9. The van der Waals surface area contributed by atoms with Gasteiger partial charge in [0, 0.05) is 18.8 Å². The van der Waals surface area contributed by atoms with Crippen LogP contribution in [-0.2, 0) is 11.3 Å². The van der Waals surface area contributed by atoms with E-state index in [9.17, 15) is 4.79 Å². The Balaban J connectivity index is 0.00000392. The van der Waals surface area contributed by atoms with E-state index in [0.717, 1.165) is 17.1 Å². The number of benzene rings is 1. The summed E-state index contributed by atoms with van der Waals surface area (Å²) >= 11 is 0. The highest BCUT2D eigenvalue weighted by Crippen LogP contribution is 2.14. The zero-order valence-electron chi connectivity index (χ0n) is 16.9. The average Bonchev–Trinajstić information content (AvgIpc) is 3.09. The number of amides is 1. The van der Waals surface area contributed by atoms with Crippen molar-refractivity contribution in [1.82, 2.24) is 25.7 Å². The van der Waals surface area contributed by atoms with Gasteiger partial charge >= 0.3 is 0 Å². The largest absolute Gasteiger partial charge is 0.497 e. The number of hydrogen-bond donors (Lipinski definition) is 3. The molecule has 28 heavy (non-hydrogen) atoms. The first-order chi connectivity index (χ1) is 12.8. The molecular weight excluding hydrogens is 471 g/mol. The van der Waals surface area contributed by atoms with Crippen LogP contribution in [0.3, 0.4) is 0 Å². The molecule has 2 aromatic rings. The maximum absolute atomic E-state index is 11.9. The first kappa shape index (κ1) is 23.7. The highest BCUT2D eigenvalue weighted by atomic mass is 127. The molecule has 1 aromatic carbocycles. The molecule has 0 saturated carbocycles. The van der Waals surface area contributed by atoms with Crippen molar-refractivity contribution in [3.05, 3.63) is 42.2 Å². The summed E-state index contributed by atoms with van der Waals surface area (Å²) in [7, 11) is 3.30. The van der Waals surface area contributed by atoms with E-state index < -0.39 is 0 Å². The average molecular weight is 500 g/mol. The molecule has 8 nitrogen and oxygen atoms in total. The van der Waals surface area contributed by atoms with E-state index in [0.29, 0.717) is 12.5 Å². The lowest BCUT2D eigenvalue weighted by atomic mass is 10.1. The van der Waals surface area contributed by atoms with Crippen LogP contribution in [0.25, 0.3) is 5.69 Å². The number of nitrogens with zero attached hydrogens (tertiary/aromatic N) is 3. The number of nitrogens with one attached hydrogen (secondary N) is 3. The molecule has 1 heterocycles. The lowest BCUT2D eigenvalue weighted by molar-refractivity contribution is -0.121. The minimum absolute atomic E-state index is 0. The standard InChI is InChI=1S/C19H28N6O2.HI/c1-19(2,3)23-17(26)13-22-18(20-4)21-12-14-10-11-25(24-14)15-6-8-16(27-5)9-7-15;/h6-11H,12-13H2,1-5H3,(H,23,26)(H2,20,21,22);1H. The number of carbonyl (C=O) groups is 1. The second kappa shape index (κ2) is 10.9. The highest BCUT2D eigenvalue weighted by molar-refractivity contribution is 14.0. The summed E-state index contributed by atoms with van der Waals surface area (Å²) in [4.78, 5) is 16.0. The molecule has 0 spiro atoms. The van der Waals surface area contributed by atoms with Crippen molar-refractivity contribution >= 4 is 35.8 Å². The Morgan fingerprint density at radius 2 is 1.86 bits per heavy atom. The van der Waals surface area contributed by atoms with Crippen molar-refractivity contribution in [2.75, 3.05) is 20.7 Å². The number of aromatic nitrogens is 2. The molecule has 0 unspecified atom stereocenters. The van der Waals surface area contributed by atoms with Gasteiger partial charge in [0.15, 0.2) is 5.96 Å². The van der Waals surface area contributed by atoms with Crippen molar-refractivity contribution in [2.45, 2.75) is 32.9 Å². The van der Waals surface area contributed by atoms with Gasteiger partial charge in [0.05, 0.1) is 31.6 Å². The normalized spacial score (nSPS) is 11.4. The van der Waals surface area contributed by atoms with Crippen molar-refractivity contribution in [3.63, 3.8) is 0 Å². The fourth-order valence-corrected chi connectivity index (χ4v) is 2.36. The molecule has 0 bridgehead atoms. The van der Waals surface area contributed by atoms with Crippen molar-refractivity contribution in [1.29, 1.82) is 0 Å². The van der Waals surface area contributed by atoms with Crippen LogP contribution in [0.15, 0.2) is 41.5 Å². The molecule has 0 atom stereocenters. The molecule has 2 rings (SSSR count). The molecule has 154 valence electrons. The Morgan fingerprint density at radius 3 is 2.43 bits per heavy atom. The summed E-state index contributed by atoms with van der Waals surface area (Å²) in [6.07, 6.45) is 1.89. The van der Waals surface area contributed by atoms with Gasteiger partial charge in [-0.2, -0.15) is 5.10 Å². The van der Waals surface area contributed by atoms with E-state index in [1.54, 1.807) is 18.8 Å². The number of carbonyl (C=O) groups excluding carboxylic acids is 1. The fourth-order valence-electron chi connectivity index (χ4n) is 2.36. The maximum atomic E-state index is 11.9. The van der Waals surface area contributed by atoms with Crippen LogP contribution in [0.2, 0.25) is 0 Å². The maximum Gasteiger partial charge on any atom is 0.239 e. The van der Waals surface area contributed by atoms with E-state index in [1.807, 2.05) is 57.3 Å². The van der Waals surface area contributed by atoms with E-state index in [1.165, 1.54) is 0 Å². The molecular formula is C19H29IN6O2. The van der Waals surface area contributed by atoms with Gasteiger partial charge in [-0.15, -0.1) is 24.0 Å². The SMILES string of the molecule is CN=C(NCC(=O)NC(C)(C)C)NCc1ccn(-c2ccc(OC)cc2)n1.I. The van der Waals surface area contributed by atoms with Gasteiger partial charge in [-0.05, 0) is 51.1 Å². The third-order valence-electron chi connectivity index (χ3n) is 3.57. The van der Waals surface area contributed by atoms with Gasteiger partial charge in [-0.25, -0.2) is 4.68 Å². The number of rotatable bonds is 6. The van der Waals surface area contributed by atoms with Crippen LogP contribution in [-0.4, -0.2) is 47.9 Å². The molecule has 0 saturated heterocycles. The number of halogens is 1. The molecule has 9 heteroatoms. The van der Waals surface area contributed by atoms with E-state index in [4.69, 9.17) is 4.74 Å². The summed E-state index contributed by atoms with van der Waals surface area (Å²) < 4.78 is 6.96. The predicted molar refractivity (Wildman–Crippen MR) is 122 cm³/mol. The summed E-state index contributed by atoms with van der Waals surface area (Å²) in [6, 6.07) is 9.60. The second-order valence-electron chi connectivity index (χ2n) is 7.03. The van der Waals surface area contributed by atoms with Gasteiger partial charge in [0.1, 0.15) is 5.75 Å². The first-order valence-corrected chi connectivity index (χ1v) is 8.75. The minimum Gasteiger partial charge on any atom is -0.497 e. The Labute approximate surface area is 183 Å². The van der Waals surface area contributed by atoms with E-state index >= 15 is 0 Å². The van der Waals surface area contributed by atoms with Crippen LogP contribution in [0, 0.1) is 0 Å². The Kier molecular flexibility index (Phi) is 9.23. The van der Waals surface area contributed by atoms with Gasteiger partial charge in [0.25, 0.3) is 0 Å². The molecule has 3 N–H and O–H groups in total. The smallest absolute Gasteiger partial charge is 0.239 e. The molecule has 0 aliphatic carbocycles. The van der Waals surface area contributed by atoms with Crippen LogP contribution >= 0.6 is 24.0 Å². The zero-order valence-corrected chi connectivity index (χ0v) is 19.3. The fraction of sp³-hybridized carbons (Fsp3) is 0.421. The summed E-state index contributed by atoms with van der Waals surface area (Å²) in [6.45, 7) is 6.46. The predicted octanol–water partition coefficient (Wildman–Crippen LogP) is 2.08. The Hall–Kier alpha value is -2.30. The number of guanidine groups is 1. The van der Waals surface area contributed by atoms with Crippen molar-refractivity contribution < 1.29 is 9.53 Å². The minimum atomic E-state index is -0.260. The van der Waals surface area contributed by atoms with Crippen molar-refractivity contribution in [3.8, 4) is 11.4 Å². The lowest BCUT2D eigenvalue weighted by Crippen LogP contribution is -2.48. The van der Waals surface area contributed by atoms with Gasteiger partial charge in [-0.1, -0.05) is 0 Å². The second-order valence-corrected chi connectivity index (χ2v) is 7.03. The third kappa shape index (κ3) is 7.75. The molecule has 0 aliphatic rings. The van der Waals surface area contributed by atoms with Crippen LogP contribution < -0.4 is 20.7 Å². The monoisotopic (exact) mass is 500 g/mol. The van der Waals surface area contributed by atoms with Crippen LogP contribution in [0.5, 0.6) is 5.75 Å². The van der Waals surface area contributed by atoms with E-state index in [2.05, 4.69) is 26.0 Å². The number of methoxy groups -OCH3 is 1. The van der Waals surface area contributed by atoms with E-state index in [-0.39, 0.29) is 42.0 Å². The Bertz CT molecular complexity index is 780. The highest BCUT2D eigenvalue weighted by Gasteiger charge is 2.13. The van der Waals surface area contributed by atoms with Gasteiger partial charge < -0.3 is 20.7 Å². The quantitative estimate of drug-likeness (QED) is 0.321. The van der Waals surface area contributed by atoms with Crippen LogP contribution in [0.1, 0.15) is 26.5 Å². The topological polar surface area (TPSA) is 92.6 Å². The van der Waals surface area contributed by atoms with Crippen LogP contribution in [0.4, 0.5) is 0 Å². The summed E-state index contributed by atoms with van der Waals surface area (Å²) in [5.74, 6) is 1.26. The van der Waals surface area contributed by atoms with Gasteiger partial charge in [-0.3, -0.25) is 9.79 Å². The third-order valence-corrected chi connectivity index (χ3v) is 3.57. The molecule has 0 aliphatic heterocycles. The van der Waals surface area contributed by atoms with Gasteiger partial charge in [0.2, 0.25) is 5.91 Å². The summed E-state index contributed by atoms with van der Waals surface area (Å²) in [5, 5.41) is 13.6.